The predicted octanol–water partition coefficient (Wildman–Crippen LogP) is 5.88. The molecule has 0 unspecified atom stereocenters. The molecule has 2 heterocycles. The molecule has 1 aliphatic carbocycles. The monoisotopic (exact) mass is 388 g/mol. The first-order chi connectivity index (χ1) is 12.7. The fraction of sp³-hybridized carbons (Fsp3) is 0.500. The quantitative estimate of drug-likeness (QED) is 0.641. The summed E-state index contributed by atoms with van der Waals surface area (Å²) in [5, 5.41) is 1.84. The summed E-state index contributed by atoms with van der Waals surface area (Å²) >= 11 is 7.96. The Morgan fingerprint density at radius 3 is 2.69 bits per heavy atom. The number of aryl methyl sites for hydroxylation is 1. The smallest absolute Gasteiger partial charge is 0.170 e. The zero-order valence-electron chi connectivity index (χ0n) is 15.2. The van der Waals surface area contributed by atoms with E-state index in [1.54, 1.807) is 0 Å². The second-order valence-electron chi connectivity index (χ2n) is 7.05. The van der Waals surface area contributed by atoms with E-state index in [0.717, 1.165) is 52.1 Å². The lowest BCUT2D eigenvalue weighted by molar-refractivity contribution is 0.535. The molecule has 1 saturated carbocycles. The molecule has 138 valence electrons. The molecule has 2 aliphatic rings. The Hall–Kier alpha value is -1.46. The van der Waals surface area contributed by atoms with Crippen molar-refractivity contribution < 1.29 is 0 Å². The summed E-state index contributed by atoms with van der Waals surface area (Å²) in [6.07, 6.45) is 8.82. The highest BCUT2D eigenvalue weighted by atomic mass is 35.5. The van der Waals surface area contributed by atoms with Gasteiger partial charge < -0.3 is 9.47 Å². The van der Waals surface area contributed by atoms with E-state index in [-0.39, 0.29) is 0 Å². The number of thioether (sulfide) groups is 1. The van der Waals surface area contributed by atoms with Crippen molar-refractivity contribution in [3.63, 3.8) is 0 Å². The molecule has 0 spiro atoms. The first kappa shape index (κ1) is 17.9. The number of amidine groups is 1. The first-order valence-electron chi connectivity index (χ1n) is 9.53. The van der Waals surface area contributed by atoms with Gasteiger partial charge in [-0.1, -0.05) is 49.0 Å². The highest BCUT2D eigenvalue weighted by molar-refractivity contribution is 8.14. The van der Waals surface area contributed by atoms with Gasteiger partial charge in [-0.25, -0.2) is 9.98 Å². The summed E-state index contributed by atoms with van der Waals surface area (Å²) in [5.41, 5.74) is 2.17. The third-order valence-electron chi connectivity index (χ3n) is 5.33. The van der Waals surface area contributed by atoms with Gasteiger partial charge in [-0.2, -0.15) is 0 Å². The molecule has 1 fully saturated rings. The molecule has 6 heteroatoms. The summed E-state index contributed by atoms with van der Waals surface area (Å²) < 4.78 is 2.13. The highest BCUT2D eigenvalue weighted by Gasteiger charge is 2.25. The first-order valence-corrected chi connectivity index (χ1v) is 10.9. The Morgan fingerprint density at radius 2 is 1.96 bits per heavy atom. The Bertz CT molecular complexity index is 778. The fourth-order valence-corrected chi connectivity index (χ4v) is 5.04. The number of anilines is 1. The van der Waals surface area contributed by atoms with Crippen molar-refractivity contribution in [1.82, 2.24) is 9.55 Å². The van der Waals surface area contributed by atoms with Crippen LogP contribution < -0.4 is 4.90 Å². The van der Waals surface area contributed by atoms with Crippen LogP contribution in [0.1, 0.15) is 44.7 Å². The number of aromatic nitrogens is 2. The molecule has 26 heavy (non-hydrogen) atoms. The molecule has 1 aromatic carbocycles. The van der Waals surface area contributed by atoms with Crippen LogP contribution in [-0.4, -0.2) is 20.5 Å². The van der Waals surface area contributed by atoms with E-state index in [1.165, 1.54) is 32.1 Å². The lowest BCUT2D eigenvalue weighted by Gasteiger charge is -2.29. The summed E-state index contributed by atoms with van der Waals surface area (Å²) in [6.45, 7) is 3.79. The van der Waals surface area contributed by atoms with E-state index in [0.29, 0.717) is 0 Å². The van der Waals surface area contributed by atoms with E-state index in [4.69, 9.17) is 16.6 Å². The van der Waals surface area contributed by atoms with Crippen molar-refractivity contribution in [1.29, 1.82) is 0 Å². The SMILES string of the molecule is CCn1cnc2c1N=C(SCCC1CCCC1)N(c1ccc(Cl)cc1)C2. The Labute approximate surface area is 164 Å². The normalized spacial score (nSPS) is 17.5. The molecule has 1 aromatic heterocycles. The second kappa shape index (κ2) is 8.05. The van der Waals surface area contributed by atoms with Crippen LogP contribution in [0.2, 0.25) is 5.02 Å². The summed E-state index contributed by atoms with van der Waals surface area (Å²) in [5.74, 6) is 3.05. The van der Waals surface area contributed by atoms with E-state index in [2.05, 4.69) is 33.5 Å². The number of benzene rings is 1. The molecule has 4 nitrogen and oxygen atoms in total. The van der Waals surface area contributed by atoms with E-state index < -0.39 is 0 Å². The molecule has 0 N–H and O–H groups in total. The number of fused-ring (bicyclic) bond motifs is 1. The zero-order valence-corrected chi connectivity index (χ0v) is 16.8. The van der Waals surface area contributed by atoms with Crippen molar-refractivity contribution in [3.8, 4) is 0 Å². The molecule has 0 amide bonds. The number of rotatable bonds is 5. The molecule has 0 saturated heterocycles. The van der Waals surface area contributed by atoms with Crippen LogP contribution in [0.3, 0.4) is 0 Å². The number of nitrogens with zero attached hydrogens (tertiary/aromatic N) is 4. The number of aliphatic imine (C=N–C) groups is 1. The summed E-state index contributed by atoms with van der Waals surface area (Å²) in [4.78, 5) is 11.8. The van der Waals surface area contributed by atoms with Gasteiger partial charge in [-0.3, -0.25) is 0 Å². The molecule has 4 rings (SSSR count). The van der Waals surface area contributed by atoms with E-state index >= 15 is 0 Å². The molecular formula is C20H25ClN4S. The van der Waals surface area contributed by atoms with Crippen molar-refractivity contribution >= 4 is 40.0 Å². The lowest BCUT2D eigenvalue weighted by Crippen LogP contribution is -2.31. The van der Waals surface area contributed by atoms with Crippen molar-refractivity contribution in [2.45, 2.75) is 52.1 Å². The highest BCUT2D eigenvalue weighted by Crippen LogP contribution is 2.34. The van der Waals surface area contributed by atoms with Gasteiger partial charge in [0.25, 0.3) is 0 Å². The number of imidazole rings is 1. The van der Waals surface area contributed by atoms with Gasteiger partial charge in [0.1, 0.15) is 5.69 Å². The van der Waals surface area contributed by atoms with Gasteiger partial charge in [0, 0.05) is 23.0 Å². The van der Waals surface area contributed by atoms with Crippen LogP contribution in [0, 0.1) is 5.92 Å². The number of hydrogen-bond acceptors (Lipinski definition) is 4. The average molecular weight is 389 g/mol. The second-order valence-corrected chi connectivity index (χ2v) is 8.54. The minimum atomic E-state index is 0.758. The summed E-state index contributed by atoms with van der Waals surface area (Å²) in [6, 6.07) is 8.02. The maximum absolute atomic E-state index is 6.08. The Balaban J connectivity index is 1.56. The topological polar surface area (TPSA) is 33.4 Å². The third kappa shape index (κ3) is 3.79. The Kier molecular flexibility index (Phi) is 5.55. The minimum Gasteiger partial charge on any atom is -0.316 e. The lowest BCUT2D eigenvalue weighted by atomic mass is 10.1. The van der Waals surface area contributed by atoms with Crippen LogP contribution in [0.5, 0.6) is 0 Å². The van der Waals surface area contributed by atoms with Gasteiger partial charge in [0.15, 0.2) is 11.0 Å². The maximum atomic E-state index is 6.08. The van der Waals surface area contributed by atoms with Gasteiger partial charge in [-0.05, 0) is 43.5 Å². The summed E-state index contributed by atoms with van der Waals surface area (Å²) in [7, 11) is 0. The van der Waals surface area contributed by atoms with E-state index in [1.807, 2.05) is 30.2 Å². The minimum absolute atomic E-state index is 0.758. The van der Waals surface area contributed by atoms with Crippen LogP contribution in [0.25, 0.3) is 0 Å². The average Bonchev–Trinajstić information content (AvgIpc) is 3.31. The molecule has 2 aromatic rings. The van der Waals surface area contributed by atoms with Crippen LogP contribution in [-0.2, 0) is 13.1 Å². The van der Waals surface area contributed by atoms with Crippen LogP contribution >= 0.6 is 23.4 Å². The third-order valence-corrected chi connectivity index (χ3v) is 6.60. The fourth-order valence-electron chi connectivity index (χ4n) is 3.81. The molecule has 0 bridgehead atoms. The number of halogens is 1. The molecular weight excluding hydrogens is 364 g/mol. The molecule has 0 atom stereocenters. The van der Waals surface area contributed by atoms with Crippen LogP contribution in [0.4, 0.5) is 11.5 Å². The maximum Gasteiger partial charge on any atom is 0.170 e. The standard InChI is InChI=1S/C20H25ClN4S/c1-2-24-14-22-18-13-25(17-9-7-16(21)8-10-17)20(23-19(18)24)26-12-11-15-5-3-4-6-15/h7-10,14-15H,2-6,11-13H2,1H3. The zero-order chi connectivity index (χ0) is 17.9. The van der Waals surface area contributed by atoms with Crippen LogP contribution in [0.15, 0.2) is 35.6 Å². The van der Waals surface area contributed by atoms with Crippen molar-refractivity contribution in [2.75, 3.05) is 10.7 Å². The largest absolute Gasteiger partial charge is 0.316 e. The van der Waals surface area contributed by atoms with Crippen molar-refractivity contribution in [3.05, 3.63) is 41.3 Å². The molecule has 0 radical (unpaired) electrons. The van der Waals surface area contributed by atoms with Gasteiger partial charge >= 0.3 is 0 Å². The predicted molar refractivity (Wildman–Crippen MR) is 112 cm³/mol. The van der Waals surface area contributed by atoms with Gasteiger partial charge in [-0.15, -0.1) is 0 Å². The van der Waals surface area contributed by atoms with Gasteiger partial charge in [0.2, 0.25) is 0 Å². The van der Waals surface area contributed by atoms with Gasteiger partial charge in [0.05, 0.1) is 12.9 Å². The number of hydrogen-bond donors (Lipinski definition) is 0. The molecule has 1 aliphatic heterocycles. The Morgan fingerprint density at radius 1 is 1.19 bits per heavy atom. The van der Waals surface area contributed by atoms with Crippen molar-refractivity contribution in [2.24, 2.45) is 10.9 Å². The van der Waals surface area contributed by atoms with E-state index in [9.17, 15) is 0 Å².